The molecular weight excluding hydrogens is 430 g/mol. The van der Waals surface area contributed by atoms with Gasteiger partial charge in [0.2, 0.25) is 15.9 Å². The lowest BCUT2D eigenvalue weighted by molar-refractivity contribution is -0.139. The highest BCUT2D eigenvalue weighted by atomic mass is 32.2. The highest BCUT2D eigenvalue weighted by Crippen LogP contribution is 2.21. The summed E-state index contributed by atoms with van der Waals surface area (Å²) in [7, 11) is -4.10. The summed E-state index contributed by atoms with van der Waals surface area (Å²) < 4.78 is 27.5. The molecule has 0 aromatic heterocycles. The summed E-state index contributed by atoms with van der Waals surface area (Å²) in [5.74, 6) is -1.85. The van der Waals surface area contributed by atoms with Crippen molar-refractivity contribution >= 4 is 33.3 Å². The topological polar surface area (TPSA) is 139 Å². The fourth-order valence-corrected chi connectivity index (χ4v) is 4.27. The van der Waals surface area contributed by atoms with E-state index in [9.17, 15) is 23.1 Å². The molecule has 0 fully saturated rings. The lowest BCUT2D eigenvalue weighted by atomic mass is 10.1. The third kappa shape index (κ3) is 5.93. The van der Waals surface area contributed by atoms with Gasteiger partial charge in [-0.2, -0.15) is 4.72 Å². The van der Waals surface area contributed by atoms with Gasteiger partial charge in [0.05, 0.1) is 16.3 Å². The van der Waals surface area contributed by atoms with E-state index in [4.69, 9.17) is 5.73 Å². The first-order valence-electron chi connectivity index (χ1n) is 9.81. The summed E-state index contributed by atoms with van der Waals surface area (Å²) in [5, 5.41) is 12.0. The number of nitrogens with one attached hydrogen (secondary N) is 2. The lowest BCUT2D eigenvalue weighted by Crippen LogP contribution is -2.41. The number of carbonyl (C=O) groups is 2. The Hall–Kier alpha value is -3.69. The number of sulfonamides is 1. The SMILES string of the molecule is Nc1ccccc1NC(=O)CC[C@H](NS(=O)(=O)c1ccc(-c2ccccc2)cc1)C(=O)O. The molecule has 0 spiro atoms. The quantitative estimate of drug-likeness (QED) is 0.367. The predicted molar refractivity (Wildman–Crippen MR) is 122 cm³/mol. The number of nitrogen functional groups attached to an aromatic ring is 1. The van der Waals surface area contributed by atoms with E-state index in [-0.39, 0.29) is 17.7 Å². The molecule has 8 nitrogen and oxygen atoms in total. The van der Waals surface area contributed by atoms with Crippen molar-refractivity contribution in [2.24, 2.45) is 0 Å². The minimum Gasteiger partial charge on any atom is -0.480 e. The molecule has 0 saturated heterocycles. The Morgan fingerprint density at radius 3 is 2.09 bits per heavy atom. The van der Waals surface area contributed by atoms with E-state index >= 15 is 0 Å². The molecule has 3 aromatic carbocycles. The van der Waals surface area contributed by atoms with Gasteiger partial charge in [-0.1, -0.05) is 54.6 Å². The summed E-state index contributed by atoms with van der Waals surface area (Å²) in [6.07, 6.45) is -0.435. The second-order valence-electron chi connectivity index (χ2n) is 7.08. The summed E-state index contributed by atoms with van der Waals surface area (Å²) in [6, 6.07) is 20.7. The number of carbonyl (C=O) groups excluding carboxylic acids is 1. The number of nitrogens with two attached hydrogens (primary N) is 1. The number of carboxylic acids is 1. The number of hydrogen-bond donors (Lipinski definition) is 4. The van der Waals surface area contributed by atoms with Crippen LogP contribution in [0.2, 0.25) is 0 Å². The van der Waals surface area contributed by atoms with Gasteiger partial charge < -0.3 is 16.2 Å². The number of anilines is 2. The van der Waals surface area contributed by atoms with Crippen LogP contribution in [0.4, 0.5) is 11.4 Å². The Bertz CT molecular complexity index is 1200. The Balaban J connectivity index is 1.65. The first-order valence-corrected chi connectivity index (χ1v) is 11.3. The summed E-state index contributed by atoms with van der Waals surface area (Å²) in [6.45, 7) is 0. The predicted octanol–water partition coefficient (Wildman–Crippen LogP) is 3.09. The Labute approximate surface area is 186 Å². The van der Waals surface area contributed by atoms with Crippen LogP contribution in [0.25, 0.3) is 11.1 Å². The van der Waals surface area contributed by atoms with Gasteiger partial charge in [-0.3, -0.25) is 9.59 Å². The maximum Gasteiger partial charge on any atom is 0.321 e. The molecule has 3 rings (SSSR count). The second kappa shape index (κ2) is 10.1. The zero-order valence-electron chi connectivity index (χ0n) is 17.1. The van der Waals surface area contributed by atoms with Gasteiger partial charge in [0.25, 0.3) is 0 Å². The third-order valence-electron chi connectivity index (χ3n) is 4.76. The first kappa shape index (κ1) is 23.0. The molecule has 0 heterocycles. The van der Waals surface area contributed by atoms with E-state index in [1.165, 1.54) is 12.1 Å². The van der Waals surface area contributed by atoms with E-state index in [0.29, 0.717) is 11.4 Å². The van der Waals surface area contributed by atoms with Crippen LogP contribution in [0.1, 0.15) is 12.8 Å². The van der Waals surface area contributed by atoms with E-state index in [1.807, 2.05) is 30.3 Å². The highest BCUT2D eigenvalue weighted by molar-refractivity contribution is 7.89. The van der Waals surface area contributed by atoms with Crippen molar-refractivity contribution in [2.75, 3.05) is 11.1 Å². The van der Waals surface area contributed by atoms with E-state index in [1.54, 1.807) is 36.4 Å². The van der Waals surface area contributed by atoms with Crippen molar-refractivity contribution in [3.63, 3.8) is 0 Å². The first-order chi connectivity index (χ1) is 15.3. The fraction of sp³-hybridized carbons (Fsp3) is 0.130. The van der Waals surface area contributed by atoms with Gasteiger partial charge in [0, 0.05) is 6.42 Å². The van der Waals surface area contributed by atoms with Crippen LogP contribution in [0.15, 0.2) is 83.8 Å². The number of benzene rings is 3. The van der Waals surface area contributed by atoms with Crippen molar-refractivity contribution in [1.82, 2.24) is 4.72 Å². The monoisotopic (exact) mass is 453 g/mol. The van der Waals surface area contributed by atoms with E-state index < -0.39 is 27.9 Å². The van der Waals surface area contributed by atoms with E-state index in [0.717, 1.165) is 11.1 Å². The molecule has 0 unspecified atom stereocenters. The molecule has 1 amide bonds. The van der Waals surface area contributed by atoms with Crippen molar-refractivity contribution in [3.05, 3.63) is 78.9 Å². The molecule has 0 aliphatic heterocycles. The van der Waals surface area contributed by atoms with Gasteiger partial charge in [0.15, 0.2) is 0 Å². The lowest BCUT2D eigenvalue weighted by Gasteiger charge is -2.15. The summed E-state index contributed by atoms with van der Waals surface area (Å²) in [5.41, 5.74) is 8.30. The Morgan fingerprint density at radius 1 is 0.875 bits per heavy atom. The van der Waals surface area contributed by atoms with Crippen LogP contribution in [0.5, 0.6) is 0 Å². The highest BCUT2D eigenvalue weighted by Gasteiger charge is 2.26. The van der Waals surface area contributed by atoms with Crippen LogP contribution in [-0.4, -0.2) is 31.4 Å². The molecule has 9 heteroatoms. The summed E-state index contributed by atoms with van der Waals surface area (Å²) >= 11 is 0. The standard InChI is InChI=1S/C23H23N3O5S/c24-19-8-4-5-9-20(19)25-22(27)15-14-21(23(28)29)26-32(30,31)18-12-10-17(11-13-18)16-6-2-1-3-7-16/h1-13,21,26H,14-15,24H2,(H,25,27)(H,28,29)/t21-/m0/s1. The molecule has 3 aromatic rings. The van der Waals surface area contributed by atoms with Crippen molar-refractivity contribution < 1.29 is 23.1 Å². The Kier molecular flexibility index (Phi) is 7.24. The summed E-state index contributed by atoms with van der Waals surface area (Å²) in [4.78, 5) is 23.7. The maximum absolute atomic E-state index is 12.7. The fourth-order valence-electron chi connectivity index (χ4n) is 3.04. The molecule has 5 N–H and O–H groups in total. The minimum atomic E-state index is -4.10. The number of amides is 1. The zero-order chi connectivity index (χ0) is 23.1. The van der Waals surface area contributed by atoms with Crippen molar-refractivity contribution in [1.29, 1.82) is 0 Å². The minimum absolute atomic E-state index is 0.0649. The molecule has 1 atom stereocenters. The Morgan fingerprint density at radius 2 is 1.47 bits per heavy atom. The smallest absolute Gasteiger partial charge is 0.321 e. The van der Waals surface area contributed by atoms with Crippen LogP contribution >= 0.6 is 0 Å². The number of aliphatic carboxylic acids is 1. The van der Waals surface area contributed by atoms with Crippen LogP contribution in [0, 0.1) is 0 Å². The zero-order valence-corrected chi connectivity index (χ0v) is 17.9. The average molecular weight is 454 g/mol. The van der Waals surface area contributed by atoms with Crippen LogP contribution in [-0.2, 0) is 19.6 Å². The molecule has 0 saturated carbocycles. The van der Waals surface area contributed by atoms with Gasteiger partial charge >= 0.3 is 5.97 Å². The van der Waals surface area contributed by atoms with E-state index in [2.05, 4.69) is 10.0 Å². The second-order valence-corrected chi connectivity index (χ2v) is 8.79. The average Bonchev–Trinajstić information content (AvgIpc) is 2.78. The van der Waals surface area contributed by atoms with Crippen LogP contribution in [0.3, 0.4) is 0 Å². The van der Waals surface area contributed by atoms with Gasteiger partial charge in [0.1, 0.15) is 6.04 Å². The molecule has 0 aliphatic carbocycles. The van der Waals surface area contributed by atoms with Crippen LogP contribution < -0.4 is 15.8 Å². The number of para-hydroxylation sites is 2. The number of hydrogen-bond acceptors (Lipinski definition) is 5. The molecule has 166 valence electrons. The molecule has 0 bridgehead atoms. The molecule has 0 aliphatic rings. The van der Waals surface area contributed by atoms with Crippen molar-refractivity contribution in [2.45, 2.75) is 23.8 Å². The van der Waals surface area contributed by atoms with Gasteiger partial charge in [-0.05, 0) is 41.8 Å². The number of rotatable bonds is 9. The van der Waals surface area contributed by atoms with Gasteiger partial charge in [-0.15, -0.1) is 0 Å². The molecular formula is C23H23N3O5S. The molecule has 32 heavy (non-hydrogen) atoms. The maximum atomic E-state index is 12.7. The third-order valence-corrected chi connectivity index (χ3v) is 6.25. The number of carboxylic acid groups (broad SMARTS) is 1. The molecule has 0 radical (unpaired) electrons. The van der Waals surface area contributed by atoms with Crippen molar-refractivity contribution in [3.8, 4) is 11.1 Å². The van der Waals surface area contributed by atoms with Gasteiger partial charge in [-0.25, -0.2) is 8.42 Å². The largest absolute Gasteiger partial charge is 0.480 e. The normalized spacial score (nSPS) is 12.1.